The molecule has 0 saturated carbocycles. The van der Waals surface area contributed by atoms with Gasteiger partial charge in [-0.15, -0.1) is 0 Å². The number of halogens is 1. The second-order valence-corrected chi connectivity index (χ2v) is 3.78. The van der Waals surface area contributed by atoms with Gasteiger partial charge in [0, 0.05) is 12.4 Å². The highest BCUT2D eigenvalue weighted by Gasteiger charge is 2.07. The monoisotopic (exact) mass is 244 g/mol. The predicted octanol–water partition coefficient (Wildman–Crippen LogP) is 3.19. The Hall–Kier alpha value is -2.05. The minimum atomic E-state index is 0.364. The Labute approximate surface area is 104 Å². The van der Waals surface area contributed by atoms with E-state index < -0.39 is 0 Å². The van der Waals surface area contributed by atoms with E-state index in [1.807, 2.05) is 18.2 Å². The number of hydrogen-bond donors (Lipinski definition) is 0. The van der Waals surface area contributed by atoms with E-state index in [0.717, 1.165) is 5.56 Å². The topological polar surface area (TPSA) is 45.9 Å². The predicted molar refractivity (Wildman–Crippen MR) is 64.7 cm³/mol. The molecular formula is C13H9ClN2O. The zero-order chi connectivity index (χ0) is 12.1. The third kappa shape index (κ3) is 2.74. The lowest BCUT2D eigenvalue weighted by Crippen LogP contribution is -1.97. The molecule has 0 aliphatic heterocycles. The lowest BCUT2D eigenvalue weighted by atomic mass is 10.2. The number of rotatable bonds is 3. The number of ether oxygens (including phenoxy) is 1. The summed E-state index contributed by atoms with van der Waals surface area (Å²) < 4.78 is 5.56. The summed E-state index contributed by atoms with van der Waals surface area (Å²) in [7, 11) is 0. The molecule has 0 saturated heterocycles. The van der Waals surface area contributed by atoms with Gasteiger partial charge in [-0.1, -0.05) is 17.7 Å². The van der Waals surface area contributed by atoms with Crippen LogP contribution in [0, 0.1) is 11.3 Å². The molecule has 0 radical (unpaired) electrons. The minimum Gasteiger partial charge on any atom is -0.487 e. The van der Waals surface area contributed by atoms with Crippen LogP contribution in [0.25, 0.3) is 0 Å². The number of aromatic nitrogens is 1. The fourth-order valence-electron chi connectivity index (χ4n) is 1.37. The van der Waals surface area contributed by atoms with Gasteiger partial charge in [0.1, 0.15) is 24.0 Å². The van der Waals surface area contributed by atoms with E-state index >= 15 is 0 Å². The molecule has 0 aliphatic rings. The molecule has 0 spiro atoms. The molecule has 0 aliphatic carbocycles. The highest BCUT2D eigenvalue weighted by atomic mass is 35.5. The number of benzene rings is 1. The fourth-order valence-corrected chi connectivity index (χ4v) is 1.58. The molecule has 0 unspecified atom stereocenters. The largest absolute Gasteiger partial charge is 0.487 e. The fraction of sp³-hybridized carbons (Fsp3) is 0.0769. The van der Waals surface area contributed by atoms with Crippen molar-refractivity contribution in [1.82, 2.24) is 4.98 Å². The highest BCUT2D eigenvalue weighted by Crippen LogP contribution is 2.25. The van der Waals surface area contributed by atoms with Crippen LogP contribution < -0.4 is 4.74 Å². The van der Waals surface area contributed by atoms with Crippen LogP contribution in [0.1, 0.15) is 11.1 Å². The van der Waals surface area contributed by atoms with Gasteiger partial charge < -0.3 is 4.74 Å². The van der Waals surface area contributed by atoms with Gasteiger partial charge in [0.15, 0.2) is 0 Å². The molecule has 0 bridgehead atoms. The Morgan fingerprint density at radius 3 is 2.71 bits per heavy atom. The normalized spacial score (nSPS) is 9.65. The number of nitriles is 1. The van der Waals surface area contributed by atoms with Crippen molar-refractivity contribution in [2.75, 3.05) is 0 Å². The van der Waals surface area contributed by atoms with Crippen LogP contribution in [-0.2, 0) is 6.61 Å². The molecule has 4 heteroatoms. The summed E-state index contributed by atoms with van der Waals surface area (Å²) >= 11 is 5.90. The Morgan fingerprint density at radius 2 is 2.00 bits per heavy atom. The average Bonchev–Trinajstić information content (AvgIpc) is 2.37. The molecule has 2 rings (SSSR count). The number of pyridine rings is 1. The second-order valence-electron chi connectivity index (χ2n) is 3.37. The van der Waals surface area contributed by atoms with Gasteiger partial charge in [-0.2, -0.15) is 5.26 Å². The summed E-state index contributed by atoms with van der Waals surface area (Å²) in [4.78, 5) is 3.92. The van der Waals surface area contributed by atoms with Gasteiger partial charge in [0.25, 0.3) is 0 Å². The van der Waals surface area contributed by atoms with Crippen molar-refractivity contribution in [1.29, 1.82) is 5.26 Å². The third-order valence-electron chi connectivity index (χ3n) is 2.23. The molecule has 0 amide bonds. The minimum absolute atomic E-state index is 0.364. The van der Waals surface area contributed by atoms with Crippen molar-refractivity contribution in [3.05, 3.63) is 58.9 Å². The van der Waals surface area contributed by atoms with Crippen LogP contribution in [0.4, 0.5) is 0 Å². The Balaban J connectivity index is 2.15. The maximum absolute atomic E-state index is 8.97. The molecule has 0 fully saturated rings. The van der Waals surface area contributed by atoms with Crippen molar-refractivity contribution < 1.29 is 4.74 Å². The van der Waals surface area contributed by atoms with Gasteiger partial charge in [-0.05, 0) is 29.8 Å². The molecule has 1 aromatic carbocycles. The molecule has 17 heavy (non-hydrogen) atoms. The molecule has 84 valence electrons. The maximum atomic E-state index is 8.97. The van der Waals surface area contributed by atoms with Crippen LogP contribution in [0.5, 0.6) is 5.75 Å². The van der Waals surface area contributed by atoms with Crippen molar-refractivity contribution in [3.63, 3.8) is 0 Å². The summed E-state index contributed by atoms with van der Waals surface area (Å²) in [6.45, 7) is 0.386. The number of nitrogens with zero attached hydrogens (tertiary/aromatic N) is 2. The SMILES string of the molecule is N#Cc1c(Cl)cccc1OCc1ccncc1. The first-order valence-electron chi connectivity index (χ1n) is 5.01. The van der Waals surface area contributed by atoms with Crippen LogP contribution in [0.2, 0.25) is 5.02 Å². The van der Waals surface area contributed by atoms with Gasteiger partial charge in [0.05, 0.1) is 5.02 Å². The van der Waals surface area contributed by atoms with E-state index in [-0.39, 0.29) is 0 Å². The first-order valence-corrected chi connectivity index (χ1v) is 5.39. The number of hydrogen-bond acceptors (Lipinski definition) is 3. The summed E-state index contributed by atoms with van der Waals surface area (Å²) in [5.41, 5.74) is 1.35. The molecule has 2 aromatic rings. The molecular weight excluding hydrogens is 236 g/mol. The molecule has 0 N–H and O–H groups in total. The van der Waals surface area contributed by atoms with Crippen LogP contribution in [-0.4, -0.2) is 4.98 Å². The van der Waals surface area contributed by atoms with Crippen LogP contribution in [0.15, 0.2) is 42.7 Å². The second kappa shape index (κ2) is 5.33. The third-order valence-corrected chi connectivity index (χ3v) is 2.55. The molecule has 1 aromatic heterocycles. The lowest BCUT2D eigenvalue weighted by Gasteiger charge is -2.08. The van der Waals surface area contributed by atoms with Gasteiger partial charge in [-0.25, -0.2) is 0 Å². The van der Waals surface area contributed by atoms with Crippen LogP contribution >= 0.6 is 11.6 Å². The van der Waals surface area contributed by atoms with E-state index in [0.29, 0.717) is 22.9 Å². The zero-order valence-electron chi connectivity index (χ0n) is 8.93. The first-order chi connectivity index (χ1) is 8.31. The van der Waals surface area contributed by atoms with E-state index in [4.69, 9.17) is 21.6 Å². The molecule has 3 nitrogen and oxygen atoms in total. The zero-order valence-corrected chi connectivity index (χ0v) is 9.69. The summed E-state index contributed by atoms with van der Waals surface area (Å²) in [5, 5.41) is 9.37. The summed E-state index contributed by atoms with van der Waals surface area (Å²) in [6.07, 6.45) is 3.39. The van der Waals surface area contributed by atoms with Crippen molar-refractivity contribution in [3.8, 4) is 11.8 Å². The van der Waals surface area contributed by atoms with E-state index in [1.165, 1.54) is 0 Å². The van der Waals surface area contributed by atoms with Crippen LogP contribution in [0.3, 0.4) is 0 Å². The van der Waals surface area contributed by atoms with Gasteiger partial charge in [-0.3, -0.25) is 4.98 Å². The highest BCUT2D eigenvalue weighted by molar-refractivity contribution is 6.31. The van der Waals surface area contributed by atoms with E-state index in [9.17, 15) is 0 Å². The smallest absolute Gasteiger partial charge is 0.139 e. The Kier molecular flexibility index (Phi) is 3.59. The Bertz CT molecular complexity index is 549. The van der Waals surface area contributed by atoms with E-state index in [1.54, 1.807) is 30.6 Å². The molecule has 1 heterocycles. The summed E-state index contributed by atoms with van der Waals surface area (Å²) in [5.74, 6) is 0.497. The van der Waals surface area contributed by atoms with Crippen molar-refractivity contribution in [2.45, 2.75) is 6.61 Å². The first kappa shape index (κ1) is 11.4. The van der Waals surface area contributed by atoms with Crippen molar-refractivity contribution >= 4 is 11.6 Å². The quantitative estimate of drug-likeness (QED) is 0.833. The van der Waals surface area contributed by atoms with Gasteiger partial charge in [0.2, 0.25) is 0 Å². The van der Waals surface area contributed by atoms with E-state index in [2.05, 4.69) is 4.98 Å². The standard InChI is InChI=1S/C13H9ClN2O/c14-12-2-1-3-13(11(12)8-15)17-9-10-4-6-16-7-5-10/h1-7H,9H2. The lowest BCUT2D eigenvalue weighted by molar-refractivity contribution is 0.305. The summed E-state index contributed by atoms with van der Waals surface area (Å²) in [6, 6.07) is 10.9. The Morgan fingerprint density at radius 1 is 1.24 bits per heavy atom. The van der Waals surface area contributed by atoms with Gasteiger partial charge >= 0.3 is 0 Å². The maximum Gasteiger partial charge on any atom is 0.139 e. The average molecular weight is 245 g/mol. The molecule has 0 atom stereocenters. The van der Waals surface area contributed by atoms with Crippen molar-refractivity contribution in [2.24, 2.45) is 0 Å².